The fraction of sp³-hybridized carbons (Fsp3) is 0.364. The van der Waals surface area contributed by atoms with Crippen molar-refractivity contribution in [3.63, 3.8) is 0 Å². The fourth-order valence-corrected chi connectivity index (χ4v) is 4.49. The van der Waals surface area contributed by atoms with Crippen molar-refractivity contribution in [1.29, 1.82) is 0 Å². The largest absolute Gasteiger partial charge is 0.336 e. The van der Waals surface area contributed by atoms with Crippen molar-refractivity contribution in [3.8, 4) is 0 Å². The smallest absolute Gasteiger partial charge is 0.253 e. The number of hydrogen-bond donors (Lipinski definition) is 1. The van der Waals surface area contributed by atoms with Crippen LogP contribution in [0.1, 0.15) is 16.8 Å². The van der Waals surface area contributed by atoms with E-state index >= 15 is 0 Å². The Bertz CT molecular complexity index is 1120. The molecule has 0 atom stereocenters. The number of sulfonamides is 1. The molecule has 0 spiro atoms. The van der Waals surface area contributed by atoms with Gasteiger partial charge in [0.1, 0.15) is 5.82 Å². The standard InChI is InChI=1S/C22H26ClFN4O4S/c1-26(2)33(31,32)18-7-8-19(23)20(15-18)25-21(29)9-10-27-11-13-28(14-12-27)22(30)16-3-5-17(24)6-4-16/h3-8,15H,9-14H2,1-2H3,(H,25,29). The Morgan fingerprint density at radius 3 is 2.30 bits per heavy atom. The summed E-state index contributed by atoms with van der Waals surface area (Å²) in [6.07, 6.45) is 0.187. The summed E-state index contributed by atoms with van der Waals surface area (Å²) in [5.41, 5.74) is 0.680. The first kappa shape index (κ1) is 25.1. The zero-order chi connectivity index (χ0) is 24.2. The van der Waals surface area contributed by atoms with Crippen LogP contribution in [0, 0.1) is 5.82 Å². The number of benzene rings is 2. The number of nitrogens with one attached hydrogen (secondary N) is 1. The summed E-state index contributed by atoms with van der Waals surface area (Å²) in [5, 5.41) is 2.92. The predicted octanol–water partition coefficient (Wildman–Crippen LogP) is 2.52. The van der Waals surface area contributed by atoms with Gasteiger partial charge in [0.05, 0.1) is 15.6 Å². The maximum Gasteiger partial charge on any atom is 0.253 e. The van der Waals surface area contributed by atoms with Crippen molar-refractivity contribution in [3.05, 3.63) is 58.9 Å². The summed E-state index contributed by atoms with van der Waals surface area (Å²) in [7, 11) is -0.800. The molecule has 0 bridgehead atoms. The highest BCUT2D eigenvalue weighted by Gasteiger charge is 2.23. The van der Waals surface area contributed by atoms with Crippen molar-refractivity contribution in [1.82, 2.24) is 14.1 Å². The van der Waals surface area contributed by atoms with Crippen molar-refractivity contribution in [2.24, 2.45) is 0 Å². The van der Waals surface area contributed by atoms with Crippen molar-refractivity contribution < 1.29 is 22.4 Å². The Morgan fingerprint density at radius 1 is 1.06 bits per heavy atom. The lowest BCUT2D eigenvalue weighted by Gasteiger charge is -2.34. The Kier molecular flexibility index (Phi) is 8.06. The van der Waals surface area contributed by atoms with Gasteiger partial charge < -0.3 is 10.2 Å². The molecular formula is C22H26ClFN4O4S. The van der Waals surface area contributed by atoms with Gasteiger partial charge in [0.2, 0.25) is 15.9 Å². The fourth-order valence-electron chi connectivity index (χ4n) is 3.39. The predicted molar refractivity (Wildman–Crippen MR) is 124 cm³/mol. The van der Waals surface area contributed by atoms with Gasteiger partial charge in [-0.15, -0.1) is 0 Å². The zero-order valence-electron chi connectivity index (χ0n) is 18.4. The molecule has 1 aliphatic rings. The molecule has 11 heteroatoms. The Balaban J connectivity index is 1.50. The van der Waals surface area contributed by atoms with Gasteiger partial charge in [-0.3, -0.25) is 14.5 Å². The first-order valence-corrected chi connectivity index (χ1v) is 12.2. The monoisotopic (exact) mass is 496 g/mol. The summed E-state index contributed by atoms with van der Waals surface area (Å²) < 4.78 is 38.8. The molecule has 1 saturated heterocycles. The van der Waals surface area contributed by atoms with E-state index in [4.69, 9.17) is 11.6 Å². The number of carbonyl (C=O) groups is 2. The Labute approximate surface area is 198 Å². The third-order valence-corrected chi connectivity index (χ3v) is 7.54. The van der Waals surface area contributed by atoms with Crippen LogP contribution in [0.15, 0.2) is 47.4 Å². The van der Waals surface area contributed by atoms with E-state index in [2.05, 4.69) is 10.2 Å². The molecule has 2 aromatic carbocycles. The van der Waals surface area contributed by atoms with Gasteiger partial charge in [0, 0.05) is 58.8 Å². The van der Waals surface area contributed by atoms with Gasteiger partial charge in [-0.25, -0.2) is 17.1 Å². The average molecular weight is 497 g/mol. The molecule has 1 fully saturated rings. The molecule has 1 N–H and O–H groups in total. The molecule has 0 aromatic heterocycles. The molecule has 8 nitrogen and oxygen atoms in total. The van der Waals surface area contributed by atoms with Gasteiger partial charge in [-0.05, 0) is 42.5 Å². The molecule has 1 heterocycles. The lowest BCUT2D eigenvalue weighted by atomic mass is 10.1. The number of anilines is 1. The second-order valence-electron chi connectivity index (χ2n) is 7.87. The minimum atomic E-state index is -3.65. The highest BCUT2D eigenvalue weighted by molar-refractivity contribution is 7.89. The second kappa shape index (κ2) is 10.6. The number of rotatable bonds is 7. The van der Waals surface area contributed by atoms with Gasteiger partial charge in [-0.2, -0.15) is 0 Å². The summed E-state index contributed by atoms with van der Waals surface area (Å²) >= 11 is 6.13. The summed E-state index contributed by atoms with van der Waals surface area (Å²) in [6, 6.07) is 9.64. The Hall–Kier alpha value is -2.53. The van der Waals surface area contributed by atoms with E-state index in [1.165, 1.54) is 56.6 Å². The van der Waals surface area contributed by atoms with E-state index in [0.717, 1.165) is 4.31 Å². The van der Waals surface area contributed by atoms with E-state index in [9.17, 15) is 22.4 Å². The van der Waals surface area contributed by atoms with Gasteiger partial charge in [0.25, 0.3) is 5.91 Å². The third kappa shape index (κ3) is 6.29. The van der Waals surface area contributed by atoms with Crippen LogP contribution in [-0.2, 0) is 14.8 Å². The number of halogens is 2. The molecule has 0 saturated carbocycles. The minimum Gasteiger partial charge on any atom is -0.336 e. The van der Waals surface area contributed by atoms with Crippen molar-refractivity contribution in [2.75, 3.05) is 52.1 Å². The SMILES string of the molecule is CN(C)S(=O)(=O)c1ccc(Cl)c(NC(=O)CCN2CCN(C(=O)c3ccc(F)cc3)CC2)c1. The van der Waals surface area contributed by atoms with Crippen molar-refractivity contribution in [2.45, 2.75) is 11.3 Å². The molecule has 33 heavy (non-hydrogen) atoms. The molecular weight excluding hydrogens is 471 g/mol. The number of piperazine rings is 1. The number of carbonyl (C=O) groups excluding carboxylic acids is 2. The van der Waals surface area contributed by atoms with E-state index in [-0.39, 0.29) is 39.7 Å². The van der Waals surface area contributed by atoms with Crippen molar-refractivity contribution >= 4 is 39.1 Å². The van der Waals surface area contributed by atoms with Gasteiger partial charge in [-0.1, -0.05) is 11.6 Å². The molecule has 2 amide bonds. The van der Waals surface area contributed by atoms with Crippen LogP contribution in [0.5, 0.6) is 0 Å². The highest BCUT2D eigenvalue weighted by Crippen LogP contribution is 2.26. The van der Waals surface area contributed by atoms with Gasteiger partial charge >= 0.3 is 0 Å². The number of amides is 2. The third-order valence-electron chi connectivity index (χ3n) is 5.40. The summed E-state index contributed by atoms with van der Waals surface area (Å²) in [6.45, 7) is 2.72. The quantitative estimate of drug-likeness (QED) is 0.636. The first-order valence-electron chi connectivity index (χ1n) is 10.4. The molecule has 178 valence electrons. The van der Waals surface area contributed by atoms with E-state index in [0.29, 0.717) is 38.3 Å². The van der Waals surface area contributed by atoms with E-state index in [1.54, 1.807) is 4.90 Å². The van der Waals surface area contributed by atoms with E-state index < -0.39 is 10.0 Å². The minimum absolute atomic E-state index is 0.0362. The van der Waals surface area contributed by atoms with Crippen LogP contribution >= 0.6 is 11.6 Å². The highest BCUT2D eigenvalue weighted by atomic mass is 35.5. The molecule has 1 aliphatic heterocycles. The van der Waals surface area contributed by atoms with Gasteiger partial charge in [0.15, 0.2) is 0 Å². The number of hydrogen-bond acceptors (Lipinski definition) is 5. The average Bonchev–Trinajstić information content (AvgIpc) is 2.79. The molecule has 0 aliphatic carbocycles. The lowest BCUT2D eigenvalue weighted by molar-refractivity contribution is -0.116. The topological polar surface area (TPSA) is 90.0 Å². The lowest BCUT2D eigenvalue weighted by Crippen LogP contribution is -2.49. The molecule has 3 rings (SSSR count). The van der Waals surface area contributed by atoms with Crippen LogP contribution < -0.4 is 5.32 Å². The van der Waals surface area contributed by atoms with Crippen LogP contribution in [0.4, 0.5) is 10.1 Å². The molecule has 0 unspecified atom stereocenters. The van der Waals surface area contributed by atoms with Crippen LogP contribution in [0.3, 0.4) is 0 Å². The van der Waals surface area contributed by atoms with Crippen LogP contribution in [-0.4, -0.2) is 81.2 Å². The normalized spacial score (nSPS) is 15.0. The van der Waals surface area contributed by atoms with Crippen LogP contribution in [0.2, 0.25) is 5.02 Å². The summed E-state index contributed by atoms with van der Waals surface area (Å²) in [4.78, 5) is 28.8. The van der Waals surface area contributed by atoms with Crippen LogP contribution in [0.25, 0.3) is 0 Å². The maximum atomic E-state index is 13.1. The number of nitrogens with zero attached hydrogens (tertiary/aromatic N) is 3. The second-order valence-corrected chi connectivity index (χ2v) is 10.4. The van der Waals surface area contributed by atoms with E-state index in [1.807, 2.05) is 0 Å². The Morgan fingerprint density at radius 2 is 1.70 bits per heavy atom. The first-order chi connectivity index (χ1) is 15.6. The summed E-state index contributed by atoms with van der Waals surface area (Å²) in [5.74, 6) is -0.822. The zero-order valence-corrected chi connectivity index (χ0v) is 20.0. The molecule has 2 aromatic rings. The molecule has 0 radical (unpaired) electrons. The maximum absolute atomic E-state index is 13.1.